The monoisotopic (exact) mass is 330 g/mol. The molecule has 0 fully saturated rings. The molecule has 0 aliphatic heterocycles. The van der Waals surface area contributed by atoms with Gasteiger partial charge in [0.25, 0.3) is 0 Å². The maximum absolute atomic E-state index is 11.7. The number of aromatic nitrogens is 3. The standard InChI is InChI=1S/C19H14N4O2/c1-2-25-17(24)12-21-19-18(22-16-9-5-6-10-23(16)19)14-11-20-15-8-4-3-7-13(14)15/h3-6,8-10,12,20H,2H2,1H3/b21-12+. The van der Waals surface area contributed by atoms with Gasteiger partial charge in [-0.25, -0.2) is 14.8 Å². The fourth-order valence-corrected chi connectivity index (χ4v) is 2.69. The Bertz CT molecular complexity index is 1090. The van der Waals surface area contributed by atoms with E-state index in [1.54, 1.807) is 6.92 Å². The van der Waals surface area contributed by atoms with E-state index in [0.29, 0.717) is 18.1 Å². The van der Waals surface area contributed by atoms with Crippen LogP contribution in [0.1, 0.15) is 6.92 Å². The molecule has 0 unspecified atom stereocenters. The molecule has 3 heterocycles. The molecule has 0 aliphatic carbocycles. The van der Waals surface area contributed by atoms with Gasteiger partial charge in [0.05, 0.1) is 12.8 Å². The van der Waals surface area contributed by atoms with Crippen LogP contribution in [0.2, 0.25) is 0 Å². The molecule has 6 heteroatoms. The molecule has 0 bridgehead atoms. The van der Waals surface area contributed by atoms with Gasteiger partial charge in [-0.2, -0.15) is 0 Å². The van der Waals surface area contributed by atoms with Crippen LogP contribution in [0.25, 0.3) is 27.8 Å². The zero-order chi connectivity index (χ0) is 17.2. The summed E-state index contributed by atoms with van der Waals surface area (Å²) in [5.41, 5.74) is 3.03. The minimum Gasteiger partial charge on any atom is -0.462 e. The molecule has 25 heavy (non-hydrogen) atoms. The fraction of sp³-hybridized carbons (Fsp3) is 0.105. The van der Waals surface area contributed by atoms with Gasteiger partial charge in [-0.05, 0) is 31.2 Å². The van der Waals surface area contributed by atoms with E-state index in [-0.39, 0.29) is 0 Å². The third-order valence-electron chi connectivity index (χ3n) is 3.75. The molecular weight excluding hydrogens is 316 g/mol. The number of nitrogens with zero attached hydrogens (tertiary/aromatic N) is 3. The second kappa shape index (κ2) is 6.24. The van der Waals surface area contributed by atoms with Crippen molar-refractivity contribution in [3.63, 3.8) is 0 Å². The number of benzene rings is 1. The first kappa shape index (κ1) is 15.1. The number of hydrogen-bond acceptors (Lipinski definition) is 4. The van der Waals surface area contributed by atoms with Gasteiger partial charge < -0.3 is 9.72 Å². The number of esters is 1. The predicted octanol–water partition coefficient (Wildman–Crippen LogP) is 3.35. The zero-order valence-electron chi connectivity index (χ0n) is 13.5. The lowest BCUT2D eigenvalue weighted by Crippen LogP contribution is -2.04. The van der Waals surface area contributed by atoms with E-state index in [0.717, 1.165) is 22.1 Å². The number of carbonyl (C=O) groups excluding carboxylic acids is 1. The largest absolute Gasteiger partial charge is 0.462 e. The maximum Gasteiger partial charge on any atom is 0.349 e. The number of hydrogen-bond donors (Lipinski definition) is 1. The average molecular weight is 330 g/mol. The van der Waals surface area contributed by atoms with Crippen molar-refractivity contribution in [3.8, 4) is 11.3 Å². The Balaban J connectivity index is 1.91. The topological polar surface area (TPSA) is 71.8 Å². The smallest absolute Gasteiger partial charge is 0.349 e. The molecule has 0 saturated carbocycles. The number of carbonyl (C=O) groups is 1. The highest BCUT2D eigenvalue weighted by Crippen LogP contribution is 2.34. The Morgan fingerprint density at radius 3 is 3.20 bits per heavy atom. The maximum atomic E-state index is 11.7. The Hall–Kier alpha value is -3.41. The van der Waals surface area contributed by atoms with Crippen LogP contribution in [0.4, 0.5) is 5.82 Å². The summed E-state index contributed by atoms with van der Waals surface area (Å²) in [6, 6.07) is 14.5. The van der Waals surface area contributed by atoms with Gasteiger partial charge in [-0.15, -0.1) is 0 Å². The van der Waals surface area contributed by atoms with Crippen molar-refractivity contribution in [1.29, 1.82) is 0 Å². The van der Waals surface area contributed by atoms with Gasteiger partial charge in [0, 0.05) is 22.7 Å². The van der Waals surface area contributed by atoms with Gasteiger partial charge in [-0.1, -0.05) is 18.2 Å². The van der Waals surface area contributed by atoms with Crippen molar-refractivity contribution in [2.24, 2.45) is 4.99 Å². The van der Waals surface area contributed by atoms with Crippen LogP contribution in [-0.4, -0.2) is 33.2 Å². The Morgan fingerprint density at radius 1 is 1.40 bits per heavy atom. The summed E-state index contributed by atoms with van der Waals surface area (Å²) in [5, 5.41) is 0.874. The van der Waals surface area contributed by atoms with E-state index in [1.165, 1.54) is 6.21 Å². The van der Waals surface area contributed by atoms with Gasteiger partial charge in [0.1, 0.15) is 17.6 Å². The molecule has 0 spiro atoms. The van der Waals surface area contributed by atoms with Crippen LogP contribution in [0.3, 0.4) is 0 Å². The van der Waals surface area contributed by atoms with Crippen molar-refractivity contribution in [3.05, 3.63) is 54.9 Å². The fourth-order valence-electron chi connectivity index (χ4n) is 2.69. The molecule has 6 nitrogen and oxygen atoms in total. The first-order chi connectivity index (χ1) is 12.3. The van der Waals surface area contributed by atoms with Gasteiger partial charge in [-0.3, -0.25) is 4.40 Å². The number of fused-ring (bicyclic) bond motifs is 2. The molecule has 122 valence electrons. The van der Waals surface area contributed by atoms with Crippen LogP contribution >= 0.6 is 0 Å². The van der Waals surface area contributed by atoms with Crippen LogP contribution < -0.4 is 0 Å². The lowest BCUT2D eigenvalue weighted by molar-refractivity contribution is -0.134. The molecule has 4 rings (SSSR count). The first-order valence-corrected chi connectivity index (χ1v) is 7.86. The summed E-state index contributed by atoms with van der Waals surface area (Å²) in [5.74, 6) is 0.0480. The third kappa shape index (κ3) is 2.67. The SMILES string of the molecule is CCOC(=O)/C=N/c1c(-c2[c][nH]c3ccc[c]c23)nc2ccccn12. The first-order valence-electron chi connectivity index (χ1n) is 7.86. The van der Waals surface area contributed by atoms with E-state index in [4.69, 9.17) is 4.74 Å². The van der Waals surface area contributed by atoms with E-state index in [9.17, 15) is 4.79 Å². The van der Waals surface area contributed by atoms with Crippen molar-refractivity contribution < 1.29 is 9.53 Å². The van der Waals surface area contributed by atoms with E-state index in [2.05, 4.69) is 27.2 Å². The summed E-state index contributed by atoms with van der Waals surface area (Å²) >= 11 is 0. The van der Waals surface area contributed by atoms with Crippen molar-refractivity contribution in [2.45, 2.75) is 6.92 Å². The van der Waals surface area contributed by atoms with E-state index < -0.39 is 5.97 Å². The molecule has 1 aromatic carbocycles. The van der Waals surface area contributed by atoms with E-state index in [1.807, 2.05) is 47.0 Å². The number of aliphatic imine (C=N–C) groups is 1. The number of rotatable bonds is 4. The van der Waals surface area contributed by atoms with Crippen LogP contribution in [0, 0.1) is 12.3 Å². The molecule has 2 radical (unpaired) electrons. The van der Waals surface area contributed by atoms with Gasteiger partial charge in [0.15, 0.2) is 5.82 Å². The summed E-state index contributed by atoms with van der Waals surface area (Å²) in [6.45, 7) is 2.05. The normalized spacial score (nSPS) is 11.6. The quantitative estimate of drug-likeness (QED) is 0.461. The highest BCUT2D eigenvalue weighted by Gasteiger charge is 2.17. The zero-order valence-corrected chi connectivity index (χ0v) is 13.5. The molecule has 1 N–H and O–H groups in total. The average Bonchev–Trinajstić information content (AvgIpc) is 3.21. The minimum atomic E-state index is -0.492. The second-order valence-corrected chi connectivity index (χ2v) is 5.31. The van der Waals surface area contributed by atoms with Crippen LogP contribution in [-0.2, 0) is 9.53 Å². The second-order valence-electron chi connectivity index (χ2n) is 5.31. The summed E-state index contributed by atoms with van der Waals surface area (Å²) < 4.78 is 6.74. The molecule has 3 aromatic heterocycles. The number of nitrogens with one attached hydrogen (secondary N) is 1. The number of aromatic amines is 1. The highest BCUT2D eigenvalue weighted by atomic mass is 16.5. The summed E-state index contributed by atoms with van der Waals surface area (Å²) in [7, 11) is 0. The van der Waals surface area contributed by atoms with Gasteiger partial charge >= 0.3 is 5.97 Å². The van der Waals surface area contributed by atoms with Crippen molar-refractivity contribution in [1.82, 2.24) is 14.4 Å². The van der Waals surface area contributed by atoms with Crippen molar-refractivity contribution >= 4 is 34.6 Å². The number of imidazole rings is 1. The predicted molar refractivity (Wildman–Crippen MR) is 94.9 cm³/mol. The Kier molecular flexibility index (Phi) is 3.78. The molecule has 0 aliphatic rings. The molecular formula is C19H14N4O2. The lowest BCUT2D eigenvalue weighted by atomic mass is 10.1. The summed E-state index contributed by atoms with van der Waals surface area (Å²) in [4.78, 5) is 23.7. The summed E-state index contributed by atoms with van der Waals surface area (Å²) in [6.07, 6.45) is 6.14. The highest BCUT2D eigenvalue weighted by molar-refractivity contribution is 6.23. The number of H-pyrrole nitrogens is 1. The lowest BCUT2D eigenvalue weighted by Gasteiger charge is -1.99. The Labute approximate surface area is 143 Å². The number of ether oxygens (including phenoxy) is 1. The Morgan fingerprint density at radius 2 is 2.32 bits per heavy atom. The third-order valence-corrected chi connectivity index (χ3v) is 3.75. The number of pyridine rings is 1. The molecule has 0 atom stereocenters. The van der Waals surface area contributed by atoms with Crippen LogP contribution in [0.15, 0.2) is 47.6 Å². The van der Waals surface area contributed by atoms with Crippen LogP contribution in [0.5, 0.6) is 0 Å². The van der Waals surface area contributed by atoms with E-state index >= 15 is 0 Å². The van der Waals surface area contributed by atoms with Crippen molar-refractivity contribution in [2.75, 3.05) is 6.61 Å². The molecule has 4 aromatic rings. The van der Waals surface area contributed by atoms with Gasteiger partial charge in [0.2, 0.25) is 0 Å². The minimum absolute atomic E-state index is 0.302. The molecule has 0 saturated heterocycles. The molecule has 0 amide bonds.